The van der Waals surface area contributed by atoms with Crippen LogP contribution in [0.15, 0.2) is 11.6 Å². The number of piperidine rings is 1. The van der Waals surface area contributed by atoms with Crippen molar-refractivity contribution in [1.82, 2.24) is 9.80 Å². The largest absolute Gasteiger partial charge is 0.342 e. The Morgan fingerprint density at radius 3 is 2.48 bits per heavy atom. The summed E-state index contributed by atoms with van der Waals surface area (Å²) in [6, 6.07) is 0.426. The summed E-state index contributed by atoms with van der Waals surface area (Å²) in [5.74, 6) is 2.74. The minimum absolute atomic E-state index is 0.198. The van der Waals surface area contributed by atoms with E-state index in [1.165, 1.54) is 31.3 Å². The standard InChI is InChI=1S/C25H40N2O2/c1-6-27(7-2)23(29)16-17-8-10-19-18-9-11-21-25(4,15-13-22(28)26(21)5)20(18)12-14-24(17,19)3/h16,18-21H,6-15H2,1-5H3/b17-16+/t18-,19-,20-,21?,24+,25+/m0/s1. The second-order valence-electron chi connectivity index (χ2n) is 10.7. The highest BCUT2D eigenvalue weighted by Crippen LogP contribution is 2.66. The van der Waals surface area contributed by atoms with Gasteiger partial charge in [-0.2, -0.15) is 0 Å². The van der Waals surface area contributed by atoms with Crippen LogP contribution >= 0.6 is 0 Å². The van der Waals surface area contributed by atoms with Crippen LogP contribution in [0.5, 0.6) is 0 Å². The fourth-order valence-electron chi connectivity index (χ4n) is 8.01. The third-order valence-corrected chi connectivity index (χ3v) is 9.78. The van der Waals surface area contributed by atoms with Crippen LogP contribution < -0.4 is 0 Å². The summed E-state index contributed by atoms with van der Waals surface area (Å²) in [6.07, 6.45) is 11.0. The van der Waals surface area contributed by atoms with Crippen LogP contribution in [0.25, 0.3) is 0 Å². The number of hydrogen-bond acceptors (Lipinski definition) is 2. The Kier molecular flexibility index (Phi) is 5.36. The number of fused-ring (bicyclic) bond motifs is 5. The van der Waals surface area contributed by atoms with Gasteiger partial charge in [-0.15, -0.1) is 0 Å². The lowest BCUT2D eigenvalue weighted by atomic mass is 9.47. The van der Waals surface area contributed by atoms with Crippen LogP contribution in [0.2, 0.25) is 0 Å². The van der Waals surface area contributed by atoms with E-state index in [9.17, 15) is 9.59 Å². The molecule has 3 aliphatic carbocycles. The first kappa shape index (κ1) is 20.9. The van der Waals surface area contributed by atoms with Gasteiger partial charge in [-0.25, -0.2) is 0 Å². The summed E-state index contributed by atoms with van der Waals surface area (Å²) in [6.45, 7) is 10.6. The molecule has 0 aromatic heterocycles. The molecule has 0 aromatic carbocycles. The number of carbonyl (C=O) groups excluding carboxylic acids is 2. The maximum Gasteiger partial charge on any atom is 0.246 e. The van der Waals surface area contributed by atoms with Crippen molar-refractivity contribution in [3.8, 4) is 0 Å². The van der Waals surface area contributed by atoms with E-state index in [1.54, 1.807) is 0 Å². The molecule has 4 aliphatic rings. The first-order chi connectivity index (χ1) is 13.8. The van der Waals surface area contributed by atoms with Crippen molar-refractivity contribution in [1.29, 1.82) is 0 Å². The van der Waals surface area contributed by atoms with Crippen LogP contribution in [-0.4, -0.2) is 47.8 Å². The number of likely N-dealkylation sites (N-methyl/N-ethyl adjacent to an activating group) is 1. The summed E-state index contributed by atoms with van der Waals surface area (Å²) in [7, 11) is 2.03. The van der Waals surface area contributed by atoms with Crippen LogP contribution in [0.4, 0.5) is 0 Å². The van der Waals surface area contributed by atoms with Crippen LogP contribution in [-0.2, 0) is 9.59 Å². The van der Waals surface area contributed by atoms with Crippen molar-refractivity contribution in [3.05, 3.63) is 11.6 Å². The Bertz CT molecular complexity index is 712. The van der Waals surface area contributed by atoms with Gasteiger partial charge in [0.05, 0.1) is 0 Å². The Labute approximate surface area is 177 Å². The average molecular weight is 401 g/mol. The summed E-state index contributed by atoms with van der Waals surface area (Å²) >= 11 is 0. The molecule has 4 fully saturated rings. The summed E-state index contributed by atoms with van der Waals surface area (Å²) in [4.78, 5) is 29.1. The van der Waals surface area contributed by atoms with E-state index in [0.29, 0.717) is 17.9 Å². The molecule has 0 N–H and O–H groups in total. The lowest BCUT2D eigenvalue weighted by Crippen LogP contribution is -2.61. The predicted octanol–water partition coefficient (Wildman–Crippen LogP) is 4.64. The molecule has 1 aliphatic heterocycles. The fourth-order valence-corrected chi connectivity index (χ4v) is 8.01. The van der Waals surface area contributed by atoms with Crippen molar-refractivity contribution < 1.29 is 9.59 Å². The number of likely N-dealkylation sites (tertiary alicyclic amines) is 1. The topological polar surface area (TPSA) is 40.6 Å². The minimum atomic E-state index is 0.198. The first-order valence-electron chi connectivity index (χ1n) is 12.0. The highest BCUT2D eigenvalue weighted by Gasteiger charge is 2.60. The van der Waals surface area contributed by atoms with Gasteiger partial charge in [0, 0.05) is 38.7 Å². The van der Waals surface area contributed by atoms with Gasteiger partial charge in [-0.05, 0) is 87.4 Å². The highest BCUT2D eigenvalue weighted by atomic mass is 16.2. The van der Waals surface area contributed by atoms with Crippen molar-refractivity contribution in [3.63, 3.8) is 0 Å². The molecular formula is C25H40N2O2. The molecule has 4 heteroatoms. The lowest BCUT2D eigenvalue weighted by Gasteiger charge is -2.61. The van der Waals surface area contributed by atoms with Crippen molar-refractivity contribution >= 4 is 11.8 Å². The van der Waals surface area contributed by atoms with E-state index < -0.39 is 0 Å². The zero-order valence-electron chi connectivity index (χ0n) is 19.2. The maximum atomic E-state index is 12.8. The molecular weight excluding hydrogens is 360 g/mol. The number of amides is 2. The van der Waals surface area contributed by atoms with E-state index in [1.807, 2.05) is 18.0 Å². The molecule has 1 saturated heterocycles. The van der Waals surface area contributed by atoms with E-state index in [0.717, 1.165) is 50.6 Å². The van der Waals surface area contributed by atoms with Crippen molar-refractivity contribution in [2.45, 2.75) is 85.1 Å². The molecule has 162 valence electrons. The van der Waals surface area contributed by atoms with Crippen LogP contribution in [0, 0.1) is 28.6 Å². The first-order valence-corrected chi connectivity index (χ1v) is 12.0. The molecule has 6 atom stereocenters. The predicted molar refractivity (Wildman–Crippen MR) is 116 cm³/mol. The molecule has 1 heterocycles. The molecule has 29 heavy (non-hydrogen) atoms. The maximum absolute atomic E-state index is 12.8. The third kappa shape index (κ3) is 3.08. The smallest absolute Gasteiger partial charge is 0.246 e. The summed E-state index contributed by atoms with van der Waals surface area (Å²) in [5.41, 5.74) is 1.89. The van der Waals surface area contributed by atoms with Gasteiger partial charge in [0.15, 0.2) is 0 Å². The summed E-state index contributed by atoms with van der Waals surface area (Å²) < 4.78 is 0. The second kappa shape index (κ2) is 7.42. The Morgan fingerprint density at radius 2 is 1.79 bits per heavy atom. The van der Waals surface area contributed by atoms with Crippen LogP contribution in [0.1, 0.15) is 79.1 Å². The van der Waals surface area contributed by atoms with Gasteiger partial charge >= 0.3 is 0 Å². The van der Waals surface area contributed by atoms with E-state index in [4.69, 9.17) is 0 Å². The normalized spacial score (nSPS) is 43.0. The molecule has 4 rings (SSSR count). The van der Waals surface area contributed by atoms with Crippen LogP contribution in [0.3, 0.4) is 0 Å². The third-order valence-electron chi connectivity index (χ3n) is 9.78. The molecule has 0 aromatic rings. The van der Waals surface area contributed by atoms with Gasteiger partial charge in [-0.3, -0.25) is 9.59 Å². The summed E-state index contributed by atoms with van der Waals surface area (Å²) in [5, 5.41) is 0. The molecule has 0 spiro atoms. The highest BCUT2D eigenvalue weighted by molar-refractivity contribution is 5.88. The van der Waals surface area contributed by atoms with Gasteiger partial charge in [0.1, 0.15) is 0 Å². The quantitative estimate of drug-likeness (QED) is 0.647. The van der Waals surface area contributed by atoms with E-state index >= 15 is 0 Å². The van der Waals surface area contributed by atoms with Crippen molar-refractivity contribution in [2.75, 3.05) is 20.1 Å². The van der Waals surface area contributed by atoms with Crippen molar-refractivity contribution in [2.24, 2.45) is 28.6 Å². The van der Waals surface area contributed by atoms with E-state index in [-0.39, 0.29) is 16.7 Å². The van der Waals surface area contributed by atoms with Gasteiger partial charge in [-0.1, -0.05) is 19.4 Å². The second-order valence-corrected chi connectivity index (χ2v) is 10.7. The Balaban J connectivity index is 1.58. The van der Waals surface area contributed by atoms with E-state index in [2.05, 4.69) is 32.6 Å². The number of allylic oxidation sites excluding steroid dienone is 1. The number of rotatable bonds is 3. The molecule has 0 radical (unpaired) electrons. The molecule has 2 amide bonds. The molecule has 4 nitrogen and oxygen atoms in total. The number of nitrogens with zero attached hydrogens (tertiary/aromatic N) is 2. The zero-order valence-corrected chi connectivity index (χ0v) is 19.2. The molecule has 3 saturated carbocycles. The number of carbonyl (C=O) groups is 2. The lowest BCUT2D eigenvalue weighted by molar-refractivity contribution is -0.156. The Hall–Kier alpha value is -1.32. The Morgan fingerprint density at radius 1 is 1.07 bits per heavy atom. The van der Waals surface area contributed by atoms with Gasteiger partial charge in [0.25, 0.3) is 0 Å². The van der Waals surface area contributed by atoms with Gasteiger partial charge in [0.2, 0.25) is 11.8 Å². The fraction of sp³-hybridized carbons (Fsp3) is 0.840. The molecule has 0 bridgehead atoms. The number of hydrogen-bond donors (Lipinski definition) is 0. The minimum Gasteiger partial charge on any atom is -0.342 e. The average Bonchev–Trinajstić information content (AvgIpc) is 3.02. The zero-order chi connectivity index (χ0) is 21.0. The SMILES string of the molecule is CCN(CC)C(=O)/C=C1\CC[C@H]2[C@@H]3CCC4N(C)C(=O)CC[C@]4(C)[C@H]3CC[C@]12C. The molecule has 1 unspecified atom stereocenters. The van der Waals surface area contributed by atoms with Gasteiger partial charge < -0.3 is 9.80 Å². The monoisotopic (exact) mass is 400 g/mol.